The summed E-state index contributed by atoms with van der Waals surface area (Å²) in [5.41, 5.74) is 0.786. The fourth-order valence-corrected chi connectivity index (χ4v) is 1.91. The first kappa shape index (κ1) is 12.8. The Morgan fingerprint density at radius 2 is 2.11 bits per heavy atom. The van der Waals surface area contributed by atoms with Gasteiger partial charge in [-0.3, -0.25) is 10.1 Å². The molecule has 0 spiro atoms. The van der Waals surface area contributed by atoms with E-state index in [1.54, 1.807) is 12.1 Å². The number of carbonyl (C=O) groups excluding carboxylic acids is 1. The largest absolute Gasteiger partial charge is 0.459 e. The van der Waals surface area contributed by atoms with Crippen LogP contribution in [0.2, 0.25) is 0 Å². The molecule has 1 heterocycles. The van der Waals surface area contributed by atoms with Crippen molar-refractivity contribution in [1.82, 2.24) is 5.32 Å². The van der Waals surface area contributed by atoms with Gasteiger partial charge < -0.3 is 9.73 Å². The second kappa shape index (κ2) is 5.79. The summed E-state index contributed by atoms with van der Waals surface area (Å²) in [6, 6.07) is 10.7. The highest BCUT2D eigenvalue weighted by Gasteiger charge is 2.10. The minimum atomic E-state index is -0.382. The van der Waals surface area contributed by atoms with Gasteiger partial charge in [-0.05, 0) is 42.5 Å². The lowest BCUT2D eigenvalue weighted by molar-refractivity contribution is 0.0950. The van der Waals surface area contributed by atoms with Crippen LogP contribution in [0.15, 0.2) is 51.6 Å². The molecule has 92 valence electrons. The van der Waals surface area contributed by atoms with Gasteiger partial charge in [0.1, 0.15) is 0 Å². The molecule has 0 aliphatic rings. The van der Waals surface area contributed by atoms with Gasteiger partial charge in [0, 0.05) is 10.2 Å². The van der Waals surface area contributed by atoms with Crippen LogP contribution >= 0.6 is 28.1 Å². The van der Waals surface area contributed by atoms with Crippen LogP contribution in [0.5, 0.6) is 0 Å². The van der Waals surface area contributed by atoms with E-state index in [-0.39, 0.29) is 16.8 Å². The standard InChI is InChI=1S/C12H9BrN2O2S/c13-8-3-1-4-9(7-8)14-12(18)15-11(16)10-5-2-6-17-10/h1-7H,(H2,14,15,16,18). The van der Waals surface area contributed by atoms with E-state index in [0.29, 0.717) is 0 Å². The van der Waals surface area contributed by atoms with Gasteiger partial charge in [0.25, 0.3) is 5.91 Å². The normalized spacial score (nSPS) is 9.83. The zero-order chi connectivity index (χ0) is 13.0. The number of hydrogen-bond donors (Lipinski definition) is 2. The summed E-state index contributed by atoms with van der Waals surface area (Å²) in [6.45, 7) is 0. The topological polar surface area (TPSA) is 54.3 Å². The first-order valence-corrected chi connectivity index (χ1v) is 6.27. The number of carbonyl (C=O) groups is 1. The van der Waals surface area contributed by atoms with Crippen molar-refractivity contribution < 1.29 is 9.21 Å². The maximum Gasteiger partial charge on any atom is 0.293 e. The Labute approximate surface area is 118 Å². The monoisotopic (exact) mass is 324 g/mol. The molecule has 0 saturated carbocycles. The summed E-state index contributed by atoms with van der Waals surface area (Å²) in [5.74, 6) is -0.166. The third-order valence-corrected chi connectivity index (χ3v) is 2.75. The molecular formula is C12H9BrN2O2S. The molecule has 18 heavy (non-hydrogen) atoms. The molecule has 0 fully saturated rings. The van der Waals surface area contributed by atoms with E-state index in [2.05, 4.69) is 26.6 Å². The number of nitrogens with one attached hydrogen (secondary N) is 2. The van der Waals surface area contributed by atoms with Crippen molar-refractivity contribution in [3.05, 3.63) is 52.9 Å². The minimum Gasteiger partial charge on any atom is -0.459 e. The molecule has 0 aliphatic carbocycles. The number of halogens is 1. The van der Waals surface area contributed by atoms with Crippen molar-refractivity contribution in [1.29, 1.82) is 0 Å². The maximum absolute atomic E-state index is 11.6. The molecule has 4 nitrogen and oxygen atoms in total. The zero-order valence-electron chi connectivity index (χ0n) is 9.14. The number of anilines is 1. The molecule has 2 N–H and O–H groups in total. The summed E-state index contributed by atoms with van der Waals surface area (Å²) in [6.07, 6.45) is 1.43. The number of thiocarbonyl (C=S) groups is 1. The molecular weight excluding hydrogens is 316 g/mol. The van der Waals surface area contributed by atoms with Gasteiger partial charge in [-0.2, -0.15) is 0 Å². The zero-order valence-corrected chi connectivity index (χ0v) is 11.5. The van der Waals surface area contributed by atoms with Crippen molar-refractivity contribution in [2.24, 2.45) is 0 Å². The Morgan fingerprint density at radius 1 is 1.28 bits per heavy atom. The van der Waals surface area contributed by atoms with E-state index >= 15 is 0 Å². The van der Waals surface area contributed by atoms with E-state index in [1.165, 1.54) is 6.26 Å². The van der Waals surface area contributed by atoms with Crippen molar-refractivity contribution in [3.63, 3.8) is 0 Å². The summed E-state index contributed by atoms with van der Waals surface area (Å²) < 4.78 is 5.88. The minimum absolute atomic E-state index is 0.216. The lowest BCUT2D eigenvalue weighted by Crippen LogP contribution is -2.33. The third-order valence-electron chi connectivity index (χ3n) is 2.05. The molecule has 0 saturated heterocycles. The van der Waals surface area contributed by atoms with Gasteiger partial charge in [-0.25, -0.2) is 0 Å². The summed E-state index contributed by atoms with van der Waals surface area (Å²) in [4.78, 5) is 11.6. The van der Waals surface area contributed by atoms with Gasteiger partial charge in [0.2, 0.25) is 0 Å². The first-order chi connectivity index (χ1) is 8.65. The SMILES string of the molecule is O=C(NC(=S)Nc1cccc(Br)c1)c1ccco1. The average molecular weight is 325 g/mol. The average Bonchev–Trinajstić information content (AvgIpc) is 2.81. The van der Waals surface area contributed by atoms with Gasteiger partial charge in [-0.15, -0.1) is 0 Å². The van der Waals surface area contributed by atoms with E-state index in [1.807, 2.05) is 24.3 Å². The molecule has 0 bridgehead atoms. The Kier molecular flexibility index (Phi) is 4.11. The Hall–Kier alpha value is -1.66. The van der Waals surface area contributed by atoms with Crippen LogP contribution in [0, 0.1) is 0 Å². The lowest BCUT2D eigenvalue weighted by Gasteiger charge is -2.08. The predicted octanol–water partition coefficient (Wildman–Crippen LogP) is 3.17. The second-order valence-electron chi connectivity index (χ2n) is 3.40. The summed E-state index contributed by atoms with van der Waals surface area (Å²) in [7, 11) is 0. The molecule has 0 radical (unpaired) electrons. The summed E-state index contributed by atoms with van der Waals surface area (Å²) in [5, 5.41) is 5.64. The van der Waals surface area contributed by atoms with Crippen molar-refractivity contribution >= 4 is 44.9 Å². The fraction of sp³-hybridized carbons (Fsp3) is 0. The molecule has 0 aliphatic heterocycles. The number of amides is 1. The molecule has 6 heteroatoms. The lowest BCUT2D eigenvalue weighted by atomic mass is 10.3. The number of rotatable bonds is 2. The van der Waals surface area contributed by atoms with Crippen LogP contribution in [0.3, 0.4) is 0 Å². The van der Waals surface area contributed by atoms with Crippen LogP contribution in [-0.4, -0.2) is 11.0 Å². The van der Waals surface area contributed by atoms with E-state index in [4.69, 9.17) is 16.6 Å². The van der Waals surface area contributed by atoms with Crippen LogP contribution in [0.4, 0.5) is 5.69 Å². The highest BCUT2D eigenvalue weighted by atomic mass is 79.9. The van der Waals surface area contributed by atoms with Crippen LogP contribution < -0.4 is 10.6 Å². The summed E-state index contributed by atoms with van der Waals surface area (Å²) >= 11 is 8.38. The second-order valence-corrected chi connectivity index (χ2v) is 4.72. The Morgan fingerprint density at radius 3 is 2.78 bits per heavy atom. The number of furan rings is 1. The van der Waals surface area contributed by atoms with Gasteiger partial charge in [0.05, 0.1) is 6.26 Å². The fourth-order valence-electron chi connectivity index (χ4n) is 1.30. The first-order valence-electron chi connectivity index (χ1n) is 5.06. The van der Waals surface area contributed by atoms with Crippen molar-refractivity contribution in [3.8, 4) is 0 Å². The van der Waals surface area contributed by atoms with Crippen LogP contribution in [0.25, 0.3) is 0 Å². The maximum atomic E-state index is 11.6. The Bertz CT molecular complexity index is 569. The van der Waals surface area contributed by atoms with Gasteiger partial charge in [0.15, 0.2) is 10.9 Å². The number of benzene rings is 1. The van der Waals surface area contributed by atoms with Gasteiger partial charge in [-0.1, -0.05) is 22.0 Å². The highest BCUT2D eigenvalue weighted by Crippen LogP contribution is 2.15. The van der Waals surface area contributed by atoms with E-state index in [0.717, 1.165) is 10.2 Å². The van der Waals surface area contributed by atoms with Crippen LogP contribution in [-0.2, 0) is 0 Å². The predicted molar refractivity (Wildman–Crippen MR) is 76.5 cm³/mol. The highest BCUT2D eigenvalue weighted by molar-refractivity contribution is 9.10. The molecule has 2 aromatic rings. The number of hydrogen-bond acceptors (Lipinski definition) is 3. The molecule has 1 amide bonds. The third kappa shape index (κ3) is 3.41. The quantitative estimate of drug-likeness (QED) is 0.833. The molecule has 2 rings (SSSR count). The van der Waals surface area contributed by atoms with E-state index < -0.39 is 0 Å². The molecule has 0 unspecified atom stereocenters. The van der Waals surface area contributed by atoms with E-state index in [9.17, 15) is 4.79 Å². The van der Waals surface area contributed by atoms with Gasteiger partial charge >= 0.3 is 0 Å². The molecule has 0 atom stereocenters. The Balaban J connectivity index is 1.95. The smallest absolute Gasteiger partial charge is 0.293 e. The molecule has 1 aromatic carbocycles. The van der Waals surface area contributed by atoms with Crippen molar-refractivity contribution in [2.45, 2.75) is 0 Å². The van der Waals surface area contributed by atoms with Crippen LogP contribution in [0.1, 0.15) is 10.6 Å². The van der Waals surface area contributed by atoms with Crippen molar-refractivity contribution in [2.75, 3.05) is 5.32 Å². The molecule has 1 aromatic heterocycles.